The molecule has 5 nitrogen and oxygen atoms in total. The van der Waals surface area contributed by atoms with E-state index in [0.29, 0.717) is 10.6 Å². The largest absolute Gasteiger partial charge is 0.467 e. The number of amides is 2. The van der Waals surface area contributed by atoms with Gasteiger partial charge in [0.05, 0.1) is 12.0 Å². The van der Waals surface area contributed by atoms with E-state index in [4.69, 9.17) is 11.6 Å². The third-order valence-electron chi connectivity index (χ3n) is 2.94. The van der Waals surface area contributed by atoms with Crippen LogP contribution in [0.4, 0.5) is 4.79 Å². The summed E-state index contributed by atoms with van der Waals surface area (Å²) in [5.41, 5.74) is 0.635. The fraction of sp³-hybridized carbons (Fsp3) is 0.214. The minimum atomic E-state index is -0.959. The SMILES string of the molecule is COC(=O)[C@@H](C)N1C(=O)S/C(=C/c2ccccc2Cl)C1=O. The number of methoxy groups -OCH3 is 1. The lowest BCUT2D eigenvalue weighted by atomic mass is 10.2. The molecule has 1 aromatic rings. The first-order valence-electron chi connectivity index (χ1n) is 6.05. The first kappa shape index (κ1) is 15.6. The Kier molecular flexibility index (Phi) is 4.69. The normalized spacial score (nSPS) is 18.2. The van der Waals surface area contributed by atoms with Gasteiger partial charge in [0.15, 0.2) is 0 Å². The Balaban J connectivity index is 2.30. The lowest BCUT2D eigenvalue weighted by Gasteiger charge is -2.18. The molecule has 0 bridgehead atoms. The van der Waals surface area contributed by atoms with Crippen LogP contribution in [0.5, 0.6) is 0 Å². The van der Waals surface area contributed by atoms with Gasteiger partial charge in [-0.15, -0.1) is 0 Å². The van der Waals surface area contributed by atoms with Crippen molar-refractivity contribution in [2.24, 2.45) is 0 Å². The van der Waals surface area contributed by atoms with Crippen molar-refractivity contribution >= 4 is 46.6 Å². The number of carbonyl (C=O) groups excluding carboxylic acids is 3. The monoisotopic (exact) mass is 325 g/mol. The zero-order chi connectivity index (χ0) is 15.6. The fourth-order valence-electron chi connectivity index (χ4n) is 1.82. The predicted octanol–water partition coefficient (Wildman–Crippen LogP) is 2.94. The van der Waals surface area contributed by atoms with Crippen molar-refractivity contribution in [3.05, 3.63) is 39.8 Å². The zero-order valence-electron chi connectivity index (χ0n) is 11.3. The van der Waals surface area contributed by atoms with Crippen molar-refractivity contribution in [1.29, 1.82) is 0 Å². The van der Waals surface area contributed by atoms with Gasteiger partial charge in [-0.2, -0.15) is 0 Å². The van der Waals surface area contributed by atoms with E-state index in [1.165, 1.54) is 20.1 Å². The Morgan fingerprint density at radius 2 is 2.05 bits per heavy atom. The van der Waals surface area contributed by atoms with Gasteiger partial charge in [-0.25, -0.2) is 4.79 Å². The maximum Gasteiger partial charge on any atom is 0.328 e. The molecule has 1 aromatic carbocycles. The summed E-state index contributed by atoms with van der Waals surface area (Å²) in [4.78, 5) is 36.8. The zero-order valence-corrected chi connectivity index (χ0v) is 12.9. The fourth-order valence-corrected chi connectivity index (χ4v) is 2.91. The minimum Gasteiger partial charge on any atom is -0.467 e. The van der Waals surface area contributed by atoms with Crippen LogP contribution < -0.4 is 0 Å². The van der Waals surface area contributed by atoms with E-state index in [1.54, 1.807) is 24.3 Å². The first-order chi connectivity index (χ1) is 9.95. The molecule has 1 saturated heterocycles. The molecular formula is C14H12ClNO4S. The number of benzene rings is 1. The van der Waals surface area contributed by atoms with Crippen LogP contribution in [0.15, 0.2) is 29.2 Å². The maximum absolute atomic E-state index is 12.3. The van der Waals surface area contributed by atoms with Gasteiger partial charge >= 0.3 is 5.97 Å². The number of esters is 1. The van der Waals surface area contributed by atoms with E-state index in [0.717, 1.165) is 16.7 Å². The Morgan fingerprint density at radius 1 is 1.38 bits per heavy atom. The van der Waals surface area contributed by atoms with E-state index in [1.807, 2.05) is 0 Å². The van der Waals surface area contributed by atoms with E-state index in [9.17, 15) is 14.4 Å². The quantitative estimate of drug-likeness (QED) is 0.631. The molecule has 1 aliphatic rings. The molecule has 2 rings (SSSR count). The molecule has 0 radical (unpaired) electrons. The molecule has 1 atom stereocenters. The average molecular weight is 326 g/mol. The number of ether oxygens (including phenoxy) is 1. The Bertz CT molecular complexity index is 644. The maximum atomic E-state index is 12.3. The topological polar surface area (TPSA) is 63.7 Å². The standard InChI is InChI=1S/C14H12ClNO4S/c1-8(13(18)20-2)16-12(17)11(21-14(16)19)7-9-5-3-4-6-10(9)15/h3-8H,1-2H3/b11-7+/t8-/m1/s1. The molecule has 2 amide bonds. The number of nitrogens with zero attached hydrogens (tertiary/aromatic N) is 1. The van der Waals surface area contributed by atoms with Gasteiger partial charge < -0.3 is 4.74 Å². The molecule has 0 aromatic heterocycles. The summed E-state index contributed by atoms with van der Waals surface area (Å²) in [6, 6.07) is 6.01. The third kappa shape index (κ3) is 3.11. The van der Waals surface area contributed by atoms with Crippen LogP contribution in [0.3, 0.4) is 0 Å². The van der Waals surface area contributed by atoms with E-state index in [-0.39, 0.29) is 4.91 Å². The van der Waals surface area contributed by atoms with Gasteiger partial charge in [0.25, 0.3) is 11.1 Å². The van der Waals surface area contributed by atoms with Crippen molar-refractivity contribution in [2.45, 2.75) is 13.0 Å². The van der Waals surface area contributed by atoms with Gasteiger partial charge in [0, 0.05) is 5.02 Å². The van der Waals surface area contributed by atoms with Crippen LogP contribution in [0.2, 0.25) is 5.02 Å². The van der Waals surface area contributed by atoms with Crippen LogP contribution in [0, 0.1) is 0 Å². The van der Waals surface area contributed by atoms with E-state index < -0.39 is 23.2 Å². The summed E-state index contributed by atoms with van der Waals surface area (Å²) in [6.07, 6.45) is 1.54. The van der Waals surface area contributed by atoms with Crippen LogP contribution >= 0.6 is 23.4 Å². The number of carbonyl (C=O) groups is 3. The molecule has 1 aliphatic heterocycles. The van der Waals surface area contributed by atoms with Gasteiger partial charge in [0.2, 0.25) is 0 Å². The molecular weight excluding hydrogens is 314 g/mol. The van der Waals surface area contributed by atoms with Crippen molar-refractivity contribution in [1.82, 2.24) is 4.90 Å². The summed E-state index contributed by atoms with van der Waals surface area (Å²) in [5, 5.41) is -0.0264. The molecule has 0 N–H and O–H groups in total. The molecule has 110 valence electrons. The molecule has 0 spiro atoms. The summed E-state index contributed by atoms with van der Waals surface area (Å²) < 4.78 is 4.56. The third-order valence-corrected chi connectivity index (χ3v) is 4.17. The van der Waals surface area contributed by atoms with E-state index >= 15 is 0 Å². The Morgan fingerprint density at radius 3 is 2.67 bits per heavy atom. The van der Waals surface area contributed by atoms with Crippen molar-refractivity contribution < 1.29 is 19.1 Å². The summed E-state index contributed by atoms with van der Waals surface area (Å²) in [6.45, 7) is 1.45. The van der Waals surface area contributed by atoms with Crippen molar-refractivity contribution in [3.63, 3.8) is 0 Å². The smallest absolute Gasteiger partial charge is 0.328 e. The highest BCUT2D eigenvalue weighted by molar-refractivity contribution is 8.18. The van der Waals surface area contributed by atoms with Crippen molar-refractivity contribution in [2.75, 3.05) is 7.11 Å². The summed E-state index contributed by atoms with van der Waals surface area (Å²) >= 11 is 6.79. The summed E-state index contributed by atoms with van der Waals surface area (Å²) in [5.74, 6) is -1.17. The highest BCUT2D eigenvalue weighted by Crippen LogP contribution is 2.34. The molecule has 0 aliphatic carbocycles. The lowest BCUT2D eigenvalue weighted by Crippen LogP contribution is -2.42. The molecule has 0 saturated carbocycles. The number of imide groups is 1. The second-order valence-electron chi connectivity index (χ2n) is 4.27. The first-order valence-corrected chi connectivity index (χ1v) is 7.24. The Labute approximate surface area is 130 Å². The Hall–Kier alpha value is -1.79. The second kappa shape index (κ2) is 6.32. The number of hydrogen-bond acceptors (Lipinski definition) is 5. The number of hydrogen-bond donors (Lipinski definition) is 0. The summed E-state index contributed by atoms with van der Waals surface area (Å²) in [7, 11) is 1.21. The predicted molar refractivity (Wildman–Crippen MR) is 80.7 cm³/mol. The second-order valence-corrected chi connectivity index (χ2v) is 5.67. The number of halogens is 1. The minimum absolute atomic E-state index is 0.226. The molecule has 1 fully saturated rings. The molecule has 7 heteroatoms. The molecule has 0 unspecified atom stereocenters. The van der Waals surface area contributed by atoms with Gasteiger partial charge in [0.1, 0.15) is 6.04 Å². The molecule has 21 heavy (non-hydrogen) atoms. The van der Waals surface area contributed by atoms with Crippen molar-refractivity contribution in [3.8, 4) is 0 Å². The van der Waals surface area contributed by atoms with Crippen LogP contribution in [-0.4, -0.2) is 35.2 Å². The highest BCUT2D eigenvalue weighted by atomic mass is 35.5. The highest BCUT2D eigenvalue weighted by Gasteiger charge is 2.41. The van der Waals surface area contributed by atoms with Crippen LogP contribution in [0.1, 0.15) is 12.5 Å². The number of rotatable bonds is 3. The van der Waals surface area contributed by atoms with Crippen LogP contribution in [-0.2, 0) is 14.3 Å². The van der Waals surface area contributed by atoms with Gasteiger partial charge in [-0.3, -0.25) is 14.5 Å². The lowest BCUT2D eigenvalue weighted by molar-refractivity contribution is -0.148. The molecule has 1 heterocycles. The average Bonchev–Trinajstić information content (AvgIpc) is 2.74. The number of thioether (sulfide) groups is 1. The van der Waals surface area contributed by atoms with Gasteiger partial charge in [-0.05, 0) is 36.4 Å². The van der Waals surface area contributed by atoms with E-state index in [2.05, 4.69) is 4.74 Å². The van der Waals surface area contributed by atoms with Gasteiger partial charge in [-0.1, -0.05) is 29.8 Å². The van der Waals surface area contributed by atoms with Crippen LogP contribution in [0.25, 0.3) is 6.08 Å².